The van der Waals surface area contributed by atoms with Crippen molar-refractivity contribution in [3.8, 4) is 0 Å². The van der Waals surface area contributed by atoms with Crippen LogP contribution in [0.2, 0.25) is 0 Å². The molecule has 124 valence electrons. The second kappa shape index (κ2) is 7.00. The topological polar surface area (TPSA) is 73.5 Å². The number of carbonyl (C=O) groups is 2. The van der Waals surface area contributed by atoms with E-state index in [2.05, 4.69) is 20.9 Å². The largest absolute Gasteiger partial charge is 0.341 e. The number of urea groups is 1. The van der Waals surface area contributed by atoms with Crippen molar-refractivity contribution in [2.24, 2.45) is 5.92 Å². The molecule has 2 fully saturated rings. The van der Waals surface area contributed by atoms with Crippen molar-refractivity contribution in [1.82, 2.24) is 10.2 Å². The Morgan fingerprint density at radius 3 is 2.39 bits per heavy atom. The Bertz CT molecular complexity index is 580. The molecule has 1 aromatic rings. The molecule has 6 nitrogen and oxygen atoms in total. The van der Waals surface area contributed by atoms with E-state index in [1.54, 1.807) is 19.2 Å². The molecule has 1 aromatic carbocycles. The maximum Gasteiger partial charge on any atom is 0.318 e. The van der Waals surface area contributed by atoms with E-state index in [0.29, 0.717) is 17.3 Å². The van der Waals surface area contributed by atoms with E-state index < -0.39 is 0 Å². The molecule has 3 rings (SSSR count). The van der Waals surface area contributed by atoms with Crippen LogP contribution in [0.4, 0.5) is 16.2 Å². The van der Waals surface area contributed by atoms with Crippen LogP contribution in [0.15, 0.2) is 24.3 Å². The van der Waals surface area contributed by atoms with Crippen LogP contribution in [0.5, 0.6) is 0 Å². The highest BCUT2D eigenvalue weighted by Crippen LogP contribution is 2.37. The number of carbonyl (C=O) groups excluding carboxylic acids is 2. The first-order chi connectivity index (χ1) is 11.2. The van der Waals surface area contributed by atoms with Gasteiger partial charge in [-0.05, 0) is 62.9 Å². The molecule has 0 spiro atoms. The summed E-state index contributed by atoms with van der Waals surface area (Å²) in [5.41, 5.74) is 1.38. The summed E-state index contributed by atoms with van der Waals surface area (Å²) >= 11 is 0. The Morgan fingerprint density at radius 1 is 1.13 bits per heavy atom. The second-order valence-corrected chi connectivity index (χ2v) is 6.30. The molecule has 1 saturated carbocycles. The number of amides is 3. The smallest absolute Gasteiger partial charge is 0.318 e. The summed E-state index contributed by atoms with van der Waals surface area (Å²) < 4.78 is 0. The summed E-state index contributed by atoms with van der Waals surface area (Å²) in [7, 11) is 1.57. The van der Waals surface area contributed by atoms with Gasteiger partial charge in [0, 0.05) is 18.4 Å². The predicted molar refractivity (Wildman–Crippen MR) is 90.5 cm³/mol. The van der Waals surface area contributed by atoms with Crippen LogP contribution in [0.25, 0.3) is 0 Å². The van der Waals surface area contributed by atoms with E-state index in [0.717, 1.165) is 25.9 Å². The van der Waals surface area contributed by atoms with E-state index in [1.165, 1.54) is 12.8 Å². The fourth-order valence-corrected chi connectivity index (χ4v) is 3.19. The molecule has 1 aliphatic carbocycles. The Balaban J connectivity index is 1.66. The molecule has 0 aromatic heterocycles. The third-order valence-electron chi connectivity index (χ3n) is 4.49. The zero-order valence-corrected chi connectivity index (χ0v) is 13.5. The molecule has 6 heteroatoms. The number of nitrogens with zero attached hydrogens (tertiary/aromatic N) is 1. The van der Waals surface area contributed by atoms with Gasteiger partial charge < -0.3 is 16.0 Å². The SMILES string of the molecule is CNC(=O)Nc1cccc(NC(=O)C(C2CC2)N2CCCC2)c1. The van der Waals surface area contributed by atoms with Gasteiger partial charge in [-0.25, -0.2) is 4.79 Å². The Morgan fingerprint density at radius 2 is 1.78 bits per heavy atom. The van der Waals surface area contributed by atoms with Crippen molar-refractivity contribution < 1.29 is 9.59 Å². The van der Waals surface area contributed by atoms with Crippen molar-refractivity contribution in [2.45, 2.75) is 31.7 Å². The van der Waals surface area contributed by atoms with Crippen LogP contribution >= 0.6 is 0 Å². The lowest BCUT2D eigenvalue weighted by Gasteiger charge is -2.26. The van der Waals surface area contributed by atoms with E-state index in [4.69, 9.17) is 0 Å². The summed E-state index contributed by atoms with van der Waals surface area (Å²) in [6.45, 7) is 2.04. The van der Waals surface area contributed by atoms with Gasteiger partial charge in [0.15, 0.2) is 0 Å². The molecule has 1 aliphatic heterocycles. The lowest BCUT2D eigenvalue weighted by molar-refractivity contribution is -0.121. The lowest BCUT2D eigenvalue weighted by atomic mass is 10.1. The van der Waals surface area contributed by atoms with E-state index >= 15 is 0 Å². The number of likely N-dealkylation sites (tertiary alicyclic amines) is 1. The van der Waals surface area contributed by atoms with Crippen LogP contribution in [0, 0.1) is 5.92 Å². The van der Waals surface area contributed by atoms with Gasteiger partial charge in [0.2, 0.25) is 5.91 Å². The fourth-order valence-electron chi connectivity index (χ4n) is 3.19. The van der Waals surface area contributed by atoms with Crippen LogP contribution in [0.1, 0.15) is 25.7 Å². The number of hydrogen-bond donors (Lipinski definition) is 3. The first-order valence-corrected chi connectivity index (χ1v) is 8.31. The van der Waals surface area contributed by atoms with Gasteiger partial charge in [0.25, 0.3) is 0 Å². The highest BCUT2D eigenvalue weighted by molar-refractivity contribution is 5.96. The van der Waals surface area contributed by atoms with Gasteiger partial charge in [-0.1, -0.05) is 6.07 Å². The van der Waals surface area contributed by atoms with Crippen LogP contribution in [-0.2, 0) is 4.79 Å². The minimum absolute atomic E-state index is 0.00643. The Hall–Kier alpha value is -2.08. The van der Waals surface area contributed by atoms with E-state index in [-0.39, 0.29) is 18.0 Å². The molecule has 0 radical (unpaired) electrons. The average molecular weight is 316 g/mol. The van der Waals surface area contributed by atoms with Gasteiger partial charge >= 0.3 is 6.03 Å². The van der Waals surface area contributed by atoms with Crippen LogP contribution in [-0.4, -0.2) is 43.0 Å². The average Bonchev–Trinajstić information content (AvgIpc) is 3.21. The van der Waals surface area contributed by atoms with Crippen molar-refractivity contribution in [3.05, 3.63) is 24.3 Å². The third kappa shape index (κ3) is 4.01. The zero-order chi connectivity index (χ0) is 16.2. The molecule has 3 N–H and O–H groups in total. The highest BCUT2D eigenvalue weighted by atomic mass is 16.2. The van der Waals surface area contributed by atoms with Crippen molar-refractivity contribution in [3.63, 3.8) is 0 Å². The van der Waals surface area contributed by atoms with E-state index in [1.807, 2.05) is 12.1 Å². The maximum absolute atomic E-state index is 12.7. The summed E-state index contributed by atoms with van der Waals surface area (Å²) in [6, 6.07) is 6.96. The standard InChI is InChI=1S/C17H24N4O2/c1-18-17(23)20-14-6-4-5-13(11-14)19-16(22)15(12-7-8-12)21-9-2-3-10-21/h4-6,11-12,15H,2-3,7-10H2,1H3,(H,19,22)(H2,18,20,23). The molecule has 0 bridgehead atoms. The van der Waals surface area contributed by atoms with Gasteiger partial charge in [-0.15, -0.1) is 0 Å². The third-order valence-corrected chi connectivity index (χ3v) is 4.49. The number of hydrogen-bond acceptors (Lipinski definition) is 3. The van der Waals surface area contributed by atoms with Gasteiger partial charge in [-0.3, -0.25) is 9.69 Å². The number of nitrogens with one attached hydrogen (secondary N) is 3. The number of benzene rings is 1. The van der Waals surface area contributed by atoms with Crippen molar-refractivity contribution in [2.75, 3.05) is 30.8 Å². The number of rotatable bonds is 5. The fraction of sp³-hybridized carbons (Fsp3) is 0.529. The summed E-state index contributed by atoms with van der Waals surface area (Å²) in [4.78, 5) is 26.4. The highest BCUT2D eigenvalue weighted by Gasteiger charge is 2.40. The quantitative estimate of drug-likeness (QED) is 0.780. The lowest BCUT2D eigenvalue weighted by Crippen LogP contribution is -2.44. The Kier molecular flexibility index (Phi) is 4.81. The summed E-state index contributed by atoms with van der Waals surface area (Å²) in [5.74, 6) is 0.576. The molecule has 1 unspecified atom stereocenters. The molecular formula is C17H24N4O2. The maximum atomic E-state index is 12.7. The molecule has 23 heavy (non-hydrogen) atoms. The molecule has 1 heterocycles. The molecule has 2 aliphatic rings. The molecule has 1 atom stereocenters. The monoisotopic (exact) mass is 316 g/mol. The Labute approximate surface area is 136 Å². The first kappa shape index (κ1) is 15.8. The predicted octanol–water partition coefficient (Wildman–Crippen LogP) is 2.25. The summed E-state index contributed by atoms with van der Waals surface area (Å²) in [5, 5.41) is 8.24. The zero-order valence-electron chi connectivity index (χ0n) is 13.5. The minimum Gasteiger partial charge on any atom is -0.341 e. The second-order valence-electron chi connectivity index (χ2n) is 6.30. The van der Waals surface area contributed by atoms with Gasteiger partial charge in [-0.2, -0.15) is 0 Å². The van der Waals surface area contributed by atoms with Gasteiger partial charge in [0.05, 0.1) is 6.04 Å². The molecule has 1 saturated heterocycles. The van der Waals surface area contributed by atoms with Crippen molar-refractivity contribution in [1.29, 1.82) is 0 Å². The van der Waals surface area contributed by atoms with E-state index in [9.17, 15) is 9.59 Å². The minimum atomic E-state index is -0.276. The number of anilines is 2. The molecular weight excluding hydrogens is 292 g/mol. The van der Waals surface area contributed by atoms with Crippen LogP contribution < -0.4 is 16.0 Å². The molecule has 3 amide bonds. The van der Waals surface area contributed by atoms with Gasteiger partial charge in [0.1, 0.15) is 0 Å². The summed E-state index contributed by atoms with van der Waals surface area (Å²) in [6.07, 6.45) is 4.66. The normalized spacial score (nSPS) is 19.2. The first-order valence-electron chi connectivity index (χ1n) is 8.31. The van der Waals surface area contributed by atoms with Crippen LogP contribution in [0.3, 0.4) is 0 Å². The van der Waals surface area contributed by atoms with Crippen molar-refractivity contribution >= 4 is 23.3 Å².